The second-order valence-electron chi connectivity index (χ2n) is 4.18. The van der Waals surface area contributed by atoms with Crippen LogP contribution in [0.2, 0.25) is 0 Å². The molecule has 1 rings (SSSR count). The van der Waals surface area contributed by atoms with Gasteiger partial charge in [-0.05, 0) is 31.7 Å². The highest BCUT2D eigenvalue weighted by molar-refractivity contribution is 5.69. The number of nitriles is 1. The monoisotopic (exact) mass is 278 g/mol. The second-order valence-corrected chi connectivity index (χ2v) is 4.18. The van der Waals surface area contributed by atoms with Gasteiger partial charge in [0.05, 0.1) is 26.3 Å². The van der Waals surface area contributed by atoms with Crippen LogP contribution in [0.3, 0.4) is 0 Å². The summed E-state index contributed by atoms with van der Waals surface area (Å²) in [7, 11) is 3.11. The Morgan fingerprint density at radius 1 is 1.50 bits per heavy atom. The van der Waals surface area contributed by atoms with Gasteiger partial charge in [-0.25, -0.2) is 0 Å². The van der Waals surface area contributed by atoms with Crippen molar-refractivity contribution in [3.05, 3.63) is 23.8 Å². The second kappa shape index (κ2) is 7.36. The van der Waals surface area contributed by atoms with Gasteiger partial charge in [-0.15, -0.1) is 0 Å². The number of benzene rings is 1. The lowest BCUT2D eigenvalue weighted by atomic mass is 10.1. The first-order chi connectivity index (χ1) is 9.53. The van der Waals surface area contributed by atoms with Crippen molar-refractivity contribution in [1.82, 2.24) is 4.90 Å². The van der Waals surface area contributed by atoms with Gasteiger partial charge in [0.25, 0.3) is 0 Å². The fourth-order valence-electron chi connectivity index (χ4n) is 1.86. The number of methoxy groups -OCH3 is 1. The fourth-order valence-corrected chi connectivity index (χ4v) is 1.86. The van der Waals surface area contributed by atoms with Crippen LogP contribution in [0.25, 0.3) is 0 Å². The van der Waals surface area contributed by atoms with Crippen LogP contribution in [0, 0.1) is 11.3 Å². The van der Waals surface area contributed by atoms with E-state index >= 15 is 0 Å². The first kappa shape index (κ1) is 15.8. The lowest BCUT2D eigenvalue weighted by Crippen LogP contribution is -2.29. The number of hydrogen-bond donors (Lipinski definition) is 1. The molecule has 0 spiro atoms. The Labute approximate surface area is 118 Å². The molecule has 20 heavy (non-hydrogen) atoms. The van der Waals surface area contributed by atoms with Crippen molar-refractivity contribution in [1.29, 1.82) is 5.26 Å². The van der Waals surface area contributed by atoms with E-state index in [0.717, 1.165) is 0 Å². The van der Waals surface area contributed by atoms with E-state index in [1.807, 2.05) is 6.92 Å². The number of carbonyl (C=O) groups is 1. The first-order valence-corrected chi connectivity index (χ1v) is 6.15. The van der Waals surface area contributed by atoms with Gasteiger partial charge in [-0.2, -0.15) is 5.26 Å². The van der Waals surface area contributed by atoms with E-state index in [2.05, 4.69) is 6.07 Å². The summed E-state index contributed by atoms with van der Waals surface area (Å²) in [5.41, 5.74) is 0.663. The molecule has 0 aromatic heterocycles. The van der Waals surface area contributed by atoms with E-state index in [9.17, 15) is 10.1 Å². The number of carboxylic acids is 1. The van der Waals surface area contributed by atoms with Gasteiger partial charge >= 0.3 is 5.97 Å². The average Bonchev–Trinajstić information content (AvgIpc) is 2.40. The molecule has 1 N–H and O–H groups in total. The van der Waals surface area contributed by atoms with Crippen molar-refractivity contribution in [2.75, 3.05) is 27.3 Å². The summed E-state index contributed by atoms with van der Waals surface area (Å²) in [5.74, 6) is 0.135. The average molecular weight is 278 g/mol. The summed E-state index contributed by atoms with van der Waals surface area (Å²) in [6, 6.07) is 6.58. The third-order valence-corrected chi connectivity index (χ3v) is 2.75. The molecule has 0 bridgehead atoms. The van der Waals surface area contributed by atoms with Gasteiger partial charge in [-0.3, -0.25) is 9.69 Å². The number of rotatable bonds is 7. The predicted octanol–water partition coefficient (Wildman–Crippen LogP) is 1.67. The Hall–Kier alpha value is -2.26. The van der Waals surface area contributed by atoms with Crippen LogP contribution in [0.15, 0.2) is 18.2 Å². The Morgan fingerprint density at radius 3 is 2.70 bits per heavy atom. The summed E-state index contributed by atoms with van der Waals surface area (Å²) >= 11 is 0. The summed E-state index contributed by atoms with van der Waals surface area (Å²) in [6.45, 7) is 2.16. The Kier molecular flexibility index (Phi) is 5.81. The normalized spacial score (nSPS) is 11.8. The molecule has 1 atom stereocenters. The molecule has 0 amide bonds. The minimum atomic E-state index is -0.981. The summed E-state index contributed by atoms with van der Waals surface area (Å²) in [5, 5.41) is 18.0. The van der Waals surface area contributed by atoms with Gasteiger partial charge in [0.1, 0.15) is 6.04 Å². The van der Waals surface area contributed by atoms with Crippen LogP contribution in [-0.4, -0.2) is 43.3 Å². The highest BCUT2D eigenvalue weighted by Crippen LogP contribution is 2.31. The standard InChI is InChI=1S/C14H18N2O4/c1-4-20-12-6-5-10(7-13(12)19-3)11(8-15)16(2)9-14(17)18/h5-7,11H,4,9H2,1-3H3,(H,17,18). The molecule has 108 valence electrons. The highest BCUT2D eigenvalue weighted by atomic mass is 16.5. The lowest BCUT2D eigenvalue weighted by molar-refractivity contribution is -0.138. The van der Waals surface area contributed by atoms with Crippen molar-refractivity contribution >= 4 is 5.97 Å². The van der Waals surface area contributed by atoms with Crippen LogP contribution >= 0.6 is 0 Å². The molecule has 1 aromatic carbocycles. The van der Waals surface area contributed by atoms with Crippen molar-refractivity contribution < 1.29 is 19.4 Å². The quantitative estimate of drug-likeness (QED) is 0.817. The number of nitrogens with zero attached hydrogens (tertiary/aromatic N) is 2. The Morgan fingerprint density at radius 2 is 2.20 bits per heavy atom. The third-order valence-electron chi connectivity index (χ3n) is 2.75. The lowest BCUT2D eigenvalue weighted by Gasteiger charge is -2.21. The molecular weight excluding hydrogens is 260 g/mol. The van der Waals surface area contributed by atoms with Crippen molar-refractivity contribution in [3.63, 3.8) is 0 Å². The maximum Gasteiger partial charge on any atom is 0.317 e. The fraction of sp³-hybridized carbons (Fsp3) is 0.429. The zero-order valence-electron chi connectivity index (χ0n) is 11.8. The highest BCUT2D eigenvalue weighted by Gasteiger charge is 2.20. The van der Waals surface area contributed by atoms with Crippen molar-refractivity contribution in [3.8, 4) is 17.6 Å². The van der Waals surface area contributed by atoms with E-state index < -0.39 is 12.0 Å². The van der Waals surface area contributed by atoms with E-state index in [0.29, 0.717) is 23.7 Å². The molecule has 0 aliphatic rings. The Balaban J connectivity index is 3.04. The largest absolute Gasteiger partial charge is 0.493 e. The molecule has 0 radical (unpaired) electrons. The molecule has 1 aromatic rings. The molecule has 0 heterocycles. The van der Waals surface area contributed by atoms with Crippen LogP contribution in [0.1, 0.15) is 18.5 Å². The van der Waals surface area contributed by atoms with E-state index in [-0.39, 0.29) is 6.54 Å². The summed E-state index contributed by atoms with van der Waals surface area (Å²) in [6.07, 6.45) is 0. The SMILES string of the molecule is CCOc1ccc(C(C#N)N(C)CC(=O)O)cc1OC. The number of carboxylic acid groups (broad SMARTS) is 1. The molecule has 0 fully saturated rings. The van der Waals surface area contributed by atoms with Crippen LogP contribution in [0.5, 0.6) is 11.5 Å². The molecule has 0 aliphatic carbocycles. The van der Waals surface area contributed by atoms with Crippen LogP contribution < -0.4 is 9.47 Å². The molecule has 0 saturated heterocycles. The zero-order valence-corrected chi connectivity index (χ0v) is 11.8. The van der Waals surface area contributed by atoms with Gasteiger partial charge in [0.2, 0.25) is 0 Å². The van der Waals surface area contributed by atoms with Gasteiger partial charge in [-0.1, -0.05) is 6.07 Å². The molecule has 0 aliphatic heterocycles. The van der Waals surface area contributed by atoms with Crippen LogP contribution in [-0.2, 0) is 4.79 Å². The molecule has 1 unspecified atom stereocenters. The van der Waals surface area contributed by atoms with Gasteiger partial charge in [0, 0.05) is 0 Å². The third kappa shape index (κ3) is 3.87. The number of hydrogen-bond acceptors (Lipinski definition) is 5. The topological polar surface area (TPSA) is 82.8 Å². The molecule has 6 nitrogen and oxygen atoms in total. The molecule has 6 heteroatoms. The van der Waals surface area contributed by atoms with E-state index in [4.69, 9.17) is 14.6 Å². The zero-order chi connectivity index (χ0) is 15.1. The molecule has 0 saturated carbocycles. The van der Waals surface area contributed by atoms with Gasteiger partial charge in [0.15, 0.2) is 11.5 Å². The van der Waals surface area contributed by atoms with E-state index in [1.54, 1.807) is 25.2 Å². The maximum atomic E-state index is 10.7. The predicted molar refractivity (Wildman–Crippen MR) is 72.8 cm³/mol. The number of ether oxygens (including phenoxy) is 2. The number of aliphatic carboxylic acids is 1. The minimum Gasteiger partial charge on any atom is -0.493 e. The molecular formula is C14H18N2O4. The van der Waals surface area contributed by atoms with Crippen LogP contribution in [0.4, 0.5) is 0 Å². The van der Waals surface area contributed by atoms with Gasteiger partial charge < -0.3 is 14.6 Å². The van der Waals surface area contributed by atoms with Crippen molar-refractivity contribution in [2.45, 2.75) is 13.0 Å². The summed E-state index contributed by atoms with van der Waals surface area (Å²) in [4.78, 5) is 12.2. The maximum absolute atomic E-state index is 10.7. The number of likely N-dealkylation sites (N-methyl/N-ethyl adjacent to an activating group) is 1. The summed E-state index contributed by atoms with van der Waals surface area (Å²) < 4.78 is 10.6. The van der Waals surface area contributed by atoms with Crippen molar-refractivity contribution in [2.24, 2.45) is 0 Å². The Bertz CT molecular complexity index is 510. The minimum absolute atomic E-state index is 0.215. The first-order valence-electron chi connectivity index (χ1n) is 6.15. The van der Waals surface area contributed by atoms with E-state index in [1.165, 1.54) is 12.0 Å². The smallest absolute Gasteiger partial charge is 0.317 e.